The molecule has 18 heavy (non-hydrogen) atoms. The molecule has 0 amide bonds. The number of pyridine rings is 2. The second-order valence-electron chi connectivity index (χ2n) is 4.03. The van der Waals surface area contributed by atoms with Crippen LogP contribution in [-0.2, 0) is 7.05 Å². The SMILES string of the molecule is CNc1ncc(-c2ccnn2C)c2ccncc12. The Morgan fingerprint density at radius 1 is 1.11 bits per heavy atom. The highest BCUT2D eigenvalue weighted by molar-refractivity contribution is 6.00. The van der Waals surface area contributed by atoms with E-state index in [1.165, 1.54) is 0 Å². The Morgan fingerprint density at radius 2 is 2.00 bits per heavy atom. The molecule has 0 atom stereocenters. The van der Waals surface area contributed by atoms with Gasteiger partial charge in [0.25, 0.3) is 0 Å². The maximum absolute atomic E-state index is 4.43. The fourth-order valence-corrected chi connectivity index (χ4v) is 2.13. The molecule has 0 saturated heterocycles. The third kappa shape index (κ3) is 1.52. The summed E-state index contributed by atoms with van der Waals surface area (Å²) < 4.78 is 1.84. The van der Waals surface area contributed by atoms with Crippen molar-refractivity contribution in [3.63, 3.8) is 0 Å². The van der Waals surface area contributed by atoms with Crippen molar-refractivity contribution in [1.82, 2.24) is 19.7 Å². The number of nitrogens with zero attached hydrogens (tertiary/aromatic N) is 4. The first-order valence-corrected chi connectivity index (χ1v) is 5.70. The van der Waals surface area contributed by atoms with Gasteiger partial charge in [0.2, 0.25) is 0 Å². The fraction of sp³-hybridized carbons (Fsp3) is 0.154. The Labute approximate surface area is 104 Å². The molecule has 0 aliphatic rings. The van der Waals surface area contributed by atoms with E-state index in [0.29, 0.717) is 0 Å². The van der Waals surface area contributed by atoms with Gasteiger partial charge >= 0.3 is 0 Å². The number of aryl methyl sites for hydroxylation is 1. The summed E-state index contributed by atoms with van der Waals surface area (Å²) in [5, 5.41) is 9.41. The average Bonchev–Trinajstić information content (AvgIpc) is 2.83. The lowest BCUT2D eigenvalue weighted by molar-refractivity contribution is 0.776. The third-order valence-corrected chi connectivity index (χ3v) is 3.02. The zero-order chi connectivity index (χ0) is 12.5. The van der Waals surface area contributed by atoms with Gasteiger partial charge in [0.1, 0.15) is 5.82 Å². The molecule has 0 bridgehead atoms. The van der Waals surface area contributed by atoms with Crippen molar-refractivity contribution in [1.29, 1.82) is 0 Å². The van der Waals surface area contributed by atoms with Gasteiger partial charge in [-0.05, 0) is 17.5 Å². The maximum Gasteiger partial charge on any atom is 0.135 e. The first-order chi connectivity index (χ1) is 8.81. The highest BCUT2D eigenvalue weighted by Crippen LogP contribution is 2.30. The summed E-state index contributed by atoms with van der Waals surface area (Å²) in [7, 11) is 3.78. The summed E-state index contributed by atoms with van der Waals surface area (Å²) in [4.78, 5) is 8.59. The van der Waals surface area contributed by atoms with Crippen LogP contribution in [0.3, 0.4) is 0 Å². The predicted molar refractivity (Wildman–Crippen MR) is 71.3 cm³/mol. The Hall–Kier alpha value is -2.43. The molecule has 0 unspecified atom stereocenters. The normalized spacial score (nSPS) is 10.8. The first-order valence-electron chi connectivity index (χ1n) is 5.70. The lowest BCUT2D eigenvalue weighted by Crippen LogP contribution is -1.98. The van der Waals surface area contributed by atoms with Crippen LogP contribution in [-0.4, -0.2) is 26.8 Å². The van der Waals surface area contributed by atoms with Crippen LogP contribution in [0.2, 0.25) is 0 Å². The second-order valence-corrected chi connectivity index (χ2v) is 4.03. The number of anilines is 1. The minimum absolute atomic E-state index is 0.837. The van der Waals surface area contributed by atoms with Crippen LogP contribution >= 0.6 is 0 Å². The van der Waals surface area contributed by atoms with Crippen molar-refractivity contribution in [3.8, 4) is 11.3 Å². The Bertz CT molecular complexity index is 701. The van der Waals surface area contributed by atoms with E-state index in [-0.39, 0.29) is 0 Å². The molecule has 0 fully saturated rings. The molecular formula is C13H13N5. The van der Waals surface area contributed by atoms with Gasteiger partial charge in [-0.3, -0.25) is 9.67 Å². The number of aromatic nitrogens is 4. The van der Waals surface area contributed by atoms with Crippen molar-refractivity contribution in [3.05, 3.63) is 36.9 Å². The van der Waals surface area contributed by atoms with E-state index in [4.69, 9.17) is 0 Å². The van der Waals surface area contributed by atoms with Gasteiger partial charge in [-0.2, -0.15) is 5.10 Å². The van der Waals surface area contributed by atoms with E-state index in [9.17, 15) is 0 Å². The van der Waals surface area contributed by atoms with Crippen LogP contribution in [0.25, 0.3) is 22.0 Å². The molecular weight excluding hydrogens is 226 g/mol. The standard InChI is InChI=1S/C13H13N5/c1-14-13-11-7-15-5-3-9(11)10(8-16-13)12-4-6-17-18(12)2/h3-8H,1-2H3,(H,14,16). The molecule has 0 aliphatic carbocycles. The lowest BCUT2D eigenvalue weighted by atomic mass is 10.1. The summed E-state index contributed by atoms with van der Waals surface area (Å²) in [6.45, 7) is 0. The zero-order valence-electron chi connectivity index (χ0n) is 10.3. The number of hydrogen-bond acceptors (Lipinski definition) is 4. The van der Waals surface area contributed by atoms with Crippen molar-refractivity contribution in [2.75, 3.05) is 12.4 Å². The smallest absolute Gasteiger partial charge is 0.135 e. The van der Waals surface area contributed by atoms with E-state index in [1.54, 1.807) is 12.4 Å². The average molecular weight is 239 g/mol. The van der Waals surface area contributed by atoms with Crippen molar-refractivity contribution in [2.24, 2.45) is 7.05 Å². The summed E-state index contributed by atoms with van der Waals surface area (Å²) in [6, 6.07) is 3.98. The van der Waals surface area contributed by atoms with E-state index < -0.39 is 0 Å². The van der Waals surface area contributed by atoms with Gasteiger partial charge in [-0.25, -0.2) is 4.98 Å². The van der Waals surface area contributed by atoms with Crippen LogP contribution in [0.5, 0.6) is 0 Å². The number of hydrogen-bond donors (Lipinski definition) is 1. The molecule has 0 saturated carbocycles. The summed E-state index contributed by atoms with van der Waals surface area (Å²) in [5.74, 6) is 0.837. The van der Waals surface area contributed by atoms with E-state index in [2.05, 4.69) is 20.4 Å². The number of rotatable bonds is 2. The van der Waals surface area contributed by atoms with Crippen molar-refractivity contribution >= 4 is 16.6 Å². The van der Waals surface area contributed by atoms with Crippen LogP contribution in [0.4, 0.5) is 5.82 Å². The summed E-state index contributed by atoms with van der Waals surface area (Å²) >= 11 is 0. The van der Waals surface area contributed by atoms with Crippen LogP contribution in [0, 0.1) is 0 Å². The number of fused-ring (bicyclic) bond motifs is 1. The highest BCUT2D eigenvalue weighted by atomic mass is 15.3. The van der Waals surface area contributed by atoms with Gasteiger partial charge in [-0.15, -0.1) is 0 Å². The molecule has 3 aromatic heterocycles. The van der Waals surface area contributed by atoms with Gasteiger partial charge in [-0.1, -0.05) is 0 Å². The molecule has 90 valence electrons. The molecule has 0 aromatic carbocycles. The fourth-order valence-electron chi connectivity index (χ4n) is 2.13. The maximum atomic E-state index is 4.43. The van der Waals surface area contributed by atoms with Gasteiger partial charge < -0.3 is 5.32 Å². The Morgan fingerprint density at radius 3 is 2.72 bits per heavy atom. The molecule has 5 nitrogen and oxygen atoms in total. The largest absolute Gasteiger partial charge is 0.373 e. The molecule has 5 heteroatoms. The summed E-state index contributed by atoms with van der Waals surface area (Å²) in [5.41, 5.74) is 2.10. The summed E-state index contributed by atoms with van der Waals surface area (Å²) in [6.07, 6.45) is 7.27. The minimum atomic E-state index is 0.837. The molecule has 1 N–H and O–H groups in total. The van der Waals surface area contributed by atoms with Gasteiger partial charge in [0, 0.05) is 49.8 Å². The third-order valence-electron chi connectivity index (χ3n) is 3.02. The minimum Gasteiger partial charge on any atom is -0.373 e. The highest BCUT2D eigenvalue weighted by Gasteiger charge is 2.10. The van der Waals surface area contributed by atoms with Crippen LogP contribution in [0.1, 0.15) is 0 Å². The molecule has 0 radical (unpaired) electrons. The molecule has 0 aliphatic heterocycles. The monoisotopic (exact) mass is 239 g/mol. The van der Waals surface area contributed by atoms with Gasteiger partial charge in [0.05, 0.1) is 5.69 Å². The van der Waals surface area contributed by atoms with Crippen molar-refractivity contribution in [2.45, 2.75) is 0 Å². The second kappa shape index (κ2) is 4.10. The lowest BCUT2D eigenvalue weighted by Gasteiger charge is -2.09. The molecule has 0 spiro atoms. The first kappa shape index (κ1) is 10.7. The van der Waals surface area contributed by atoms with E-state index >= 15 is 0 Å². The molecule has 3 heterocycles. The topological polar surface area (TPSA) is 55.6 Å². The Kier molecular flexibility index (Phi) is 2.44. The zero-order valence-corrected chi connectivity index (χ0v) is 10.3. The predicted octanol–water partition coefficient (Wildman–Crippen LogP) is 2.07. The van der Waals surface area contributed by atoms with Crippen LogP contribution < -0.4 is 5.32 Å². The van der Waals surface area contributed by atoms with Crippen LogP contribution in [0.15, 0.2) is 36.9 Å². The quantitative estimate of drug-likeness (QED) is 0.743. The Balaban J connectivity index is 2.35. The number of nitrogens with one attached hydrogen (secondary N) is 1. The van der Waals surface area contributed by atoms with E-state index in [0.717, 1.165) is 27.8 Å². The van der Waals surface area contributed by atoms with Gasteiger partial charge in [0.15, 0.2) is 0 Å². The van der Waals surface area contributed by atoms with E-state index in [1.807, 2.05) is 43.3 Å². The molecule has 3 rings (SSSR count). The van der Waals surface area contributed by atoms with Crippen molar-refractivity contribution < 1.29 is 0 Å². The molecule has 3 aromatic rings.